The highest BCUT2D eigenvalue weighted by Crippen LogP contribution is 2.16. The second kappa shape index (κ2) is 4.07. The van der Waals surface area contributed by atoms with Gasteiger partial charge in [0.15, 0.2) is 11.8 Å². The Labute approximate surface area is 82.4 Å². The minimum atomic E-state index is -0.333. The van der Waals surface area contributed by atoms with Crippen LogP contribution >= 0.6 is 9.24 Å². The molecule has 14 heavy (non-hydrogen) atoms. The number of anilines is 1. The van der Waals surface area contributed by atoms with E-state index in [1.165, 1.54) is 6.07 Å². The predicted molar refractivity (Wildman–Crippen MR) is 56.0 cm³/mol. The molecule has 1 heterocycles. The summed E-state index contributed by atoms with van der Waals surface area (Å²) in [5, 5.41) is 7.05. The standard InChI is InChI=1S/C8H8N3O2P/c9-2-6-5(8(13)14)1-4(3-12)11-7(6)10/h1-3,9H,14H2,(H2,10,11). The van der Waals surface area contributed by atoms with Gasteiger partial charge in [-0.2, -0.15) is 0 Å². The van der Waals surface area contributed by atoms with Crippen molar-refractivity contribution in [1.29, 1.82) is 5.41 Å². The molecule has 0 radical (unpaired) electrons. The second-order valence-electron chi connectivity index (χ2n) is 2.52. The SMILES string of the molecule is N=Cc1c(C(=O)P)cc(C=O)nc1N. The van der Waals surface area contributed by atoms with E-state index in [1.807, 2.05) is 9.24 Å². The van der Waals surface area contributed by atoms with Gasteiger partial charge < -0.3 is 11.1 Å². The van der Waals surface area contributed by atoms with E-state index in [-0.39, 0.29) is 28.2 Å². The van der Waals surface area contributed by atoms with E-state index in [2.05, 4.69) is 4.98 Å². The van der Waals surface area contributed by atoms with E-state index in [0.29, 0.717) is 6.29 Å². The van der Waals surface area contributed by atoms with E-state index in [1.54, 1.807) is 0 Å². The van der Waals surface area contributed by atoms with Crippen LogP contribution in [-0.2, 0) is 0 Å². The van der Waals surface area contributed by atoms with Crippen molar-refractivity contribution >= 4 is 33.1 Å². The van der Waals surface area contributed by atoms with Crippen LogP contribution in [0.15, 0.2) is 6.07 Å². The number of nitrogens with two attached hydrogens (primary N) is 1. The molecule has 5 nitrogen and oxygen atoms in total. The van der Waals surface area contributed by atoms with Crippen LogP contribution in [0.5, 0.6) is 0 Å². The Balaban J connectivity index is 3.50. The summed E-state index contributed by atoms with van der Waals surface area (Å²) in [7, 11) is 1.96. The highest BCUT2D eigenvalue weighted by Gasteiger charge is 2.11. The van der Waals surface area contributed by atoms with Gasteiger partial charge in [-0.1, -0.05) is 9.24 Å². The molecule has 0 saturated heterocycles. The van der Waals surface area contributed by atoms with Gasteiger partial charge in [0, 0.05) is 17.3 Å². The maximum Gasteiger partial charge on any atom is 0.178 e. The van der Waals surface area contributed by atoms with Crippen LogP contribution < -0.4 is 5.73 Å². The molecule has 0 aliphatic rings. The number of hydrogen-bond donors (Lipinski definition) is 2. The largest absolute Gasteiger partial charge is 0.383 e. The lowest BCUT2D eigenvalue weighted by molar-refractivity contribution is 0.108. The Kier molecular flexibility index (Phi) is 3.04. The van der Waals surface area contributed by atoms with Crippen LogP contribution in [0.3, 0.4) is 0 Å². The quantitative estimate of drug-likeness (QED) is 0.430. The van der Waals surface area contributed by atoms with Crippen LogP contribution in [0.2, 0.25) is 0 Å². The lowest BCUT2D eigenvalue weighted by Gasteiger charge is -2.04. The van der Waals surface area contributed by atoms with Gasteiger partial charge in [0.1, 0.15) is 11.5 Å². The van der Waals surface area contributed by atoms with Crippen molar-refractivity contribution in [1.82, 2.24) is 4.98 Å². The molecule has 0 bridgehead atoms. The van der Waals surface area contributed by atoms with Crippen molar-refractivity contribution in [2.24, 2.45) is 0 Å². The highest BCUT2D eigenvalue weighted by atomic mass is 31.0. The van der Waals surface area contributed by atoms with Gasteiger partial charge >= 0.3 is 0 Å². The summed E-state index contributed by atoms with van der Waals surface area (Å²) in [6, 6.07) is 1.30. The molecule has 1 atom stereocenters. The van der Waals surface area contributed by atoms with Crippen LogP contribution in [0, 0.1) is 5.41 Å². The van der Waals surface area contributed by atoms with Crippen molar-refractivity contribution in [3.05, 3.63) is 22.9 Å². The molecular formula is C8H8N3O2P. The average molecular weight is 209 g/mol. The summed E-state index contributed by atoms with van der Waals surface area (Å²) in [4.78, 5) is 25.2. The smallest absolute Gasteiger partial charge is 0.178 e. The summed E-state index contributed by atoms with van der Waals surface area (Å²) in [5.74, 6) is 0.00963. The first-order chi connectivity index (χ1) is 6.60. The maximum absolute atomic E-state index is 11.1. The van der Waals surface area contributed by atoms with Gasteiger partial charge in [-0.15, -0.1) is 0 Å². The number of rotatable bonds is 3. The second-order valence-corrected chi connectivity index (χ2v) is 3.04. The molecule has 3 N–H and O–H groups in total. The van der Waals surface area contributed by atoms with Gasteiger partial charge in [-0.25, -0.2) is 4.98 Å². The van der Waals surface area contributed by atoms with Gasteiger partial charge in [0.2, 0.25) is 0 Å². The zero-order chi connectivity index (χ0) is 10.7. The number of nitrogens with zero attached hydrogens (tertiary/aromatic N) is 1. The number of carbonyl (C=O) groups excluding carboxylic acids is 2. The lowest BCUT2D eigenvalue weighted by atomic mass is 10.1. The predicted octanol–water partition coefficient (Wildman–Crippen LogP) is 0.489. The van der Waals surface area contributed by atoms with Crippen LogP contribution in [-0.4, -0.2) is 23.0 Å². The summed E-state index contributed by atoms with van der Waals surface area (Å²) < 4.78 is 0. The highest BCUT2D eigenvalue weighted by molar-refractivity contribution is 7.41. The topological polar surface area (TPSA) is 96.9 Å². The van der Waals surface area contributed by atoms with E-state index in [4.69, 9.17) is 11.1 Å². The first-order valence-corrected chi connectivity index (χ1v) is 4.24. The minimum Gasteiger partial charge on any atom is -0.383 e. The van der Waals surface area contributed by atoms with E-state index >= 15 is 0 Å². The van der Waals surface area contributed by atoms with Crippen molar-refractivity contribution < 1.29 is 9.59 Å². The van der Waals surface area contributed by atoms with Gasteiger partial charge in [-0.05, 0) is 6.07 Å². The Hall–Kier alpha value is -1.61. The van der Waals surface area contributed by atoms with Crippen molar-refractivity contribution in [2.45, 2.75) is 0 Å². The van der Waals surface area contributed by atoms with Crippen molar-refractivity contribution in [3.63, 3.8) is 0 Å². The summed E-state index contributed by atoms with van der Waals surface area (Å²) in [6.07, 6.45) is 1.44. The number of pyridine rings is 1. The zero-order valence-corrected chi connectivity index (χ0v) is 8.31. The Morgan fingerprint density at radius 1 is 1.64 bits per heavy atom. The van der Waals surface area contributed by atoms with E-state index < -0.39 is 0 Å². The molecule has 6 heteroatoms. The number of aldehydes is 1. The molecule has 1 aromatic rings. The molecular weight excluding hydrogens is 201 g/mol. The fourth-order valence-corrected chi connectivity index (χ4v) is 1.25. The van der Waals surface area contributed by atoms with Gasteiger partial charge in [0.05, 0.1) is 0 Å². The zero-order valence-electron chi connectivity index (χ0n) is 7.15. The molecule has 0 saturated carbocycles. The molecule has 1 unspecified atom stereocenters. The number of aromatic nitrogens is 1. The van der Waals surface area contributed by atoms with Crippen LogP contribution in [0.1, 0.15) is 26.4 Å². The van der Waals surface area contributed by atoms with Gasteiger partial charge in [-0.3, -0.25) is 9.59 Å². The fraction of sp³-hybridized carbons (Fsp3) is 0. The van der Waals surface area contributed by atoms with Crippen molar-refractivity contribution in [2.75, 3.05) is 5.73 Å². The third-order valence-corrected chi connectivity index (χ3v) is 1.95. The molecule has 72 valence electrons. The number of nitrogens with one attached hydrogen (secondary N) is 1. The molecule has 0 aliphatic carbocycles. The third-order valence-electron chi connectivity index (χ3n) is 1.64. The number of nitrogen functional groups attached to an aromatic ring is 1. The minimum absolute atomic E-state index is 0.00963. The molecule has 0 aliphatic heterocycles. The first-order valence-electron chi connectivity index (χ1n) is 3.66. The normalized spacial score (nSPS) is 9.50. The Morgan fingerprint density at radius 3 is 2.71 bits per heavy atom. The summed E-state index contributed by atoms with van der Waals surface area (Å²) in [6.45, 7) is 0. The van der Waals surface area contributed by atoms with E-state index in [0.717, 1.165) is 6.21 Å². The molecule has 0 amide bonds. The van der Waals surface area contributed by atoms with Gasteiger partial charge in [0.25, 0.3) is 0 Å². The van der Waals surface area contributed by atoms with Crippen LogP contribution in [0.25, 0.3) is 0 Å². The maximum atomic E-state index is 11.1. The third kappa shape index (κ3) is 1.83. The molecule has 0 aromatic carbocycles. The monoisotopic (exact) mass is 209 g/mol. The lowest BCUT2D eigenvalue weighted by Crippen LogP contribution is -2.06. The Bertz CT molecular complexity index is 417. The average Bonchev–Trinajstić information content (AvgIpc) is 2.16. The molecule has 0 spiro atoms. The molecule has 0 fully saturated rings. The van der Waals surface area contributed by atoms with Crippen molar-refractivity contribution in [3.8, 4) is 0 Å². The van der Waals surface area contributed by atoms with E-state index in [9.17, 15) is 9.59 Å². The fourth-order valence-electron chi connectivity index (χ4n) is 1.01. The molecule has 1 aromatic heterocycles. The van der Waals surface area contributed by atoms with Crippen LogP contribution in [0.4, 0.5) is 5.82 Å². The molecule has 1 rings (SSSR count). The first kappa shape index (κ1) is 10.5. The number of carbonyl (C=O) groups is 2. The Morgan fingerprint density at radius 2 is 2.29 bits per heavy atom. The summed E-state index contributed by atoms with van der Waals surface area (Å²) >= 11 is 0. The number of hydrogen-bond acceptors (Lipinski definition) is 5. The summed E-state index contributed by atoms with van der Waals surface area (Å²) in [5.41, 5.74) is 5.65.